The highest BCUT2D eigenvalue weighted by Crippen LogP contribution is 2.32. The Balaban J connectivity index is 1.68. The van der Waals surface area contributed by atoms with E-state index in [-0.39, 0.29) is 5.56 Å². The highest BCUT2D eigenvalue weighted by Gasteiger charge is 2.18. The highest BCUT2D eigenvalue weighted by atomic mass is 16.6. The van der Waals surface area contributed by atoms with Gasteiger partial charge in [0.2, 0.25) is 0 Å². The number of aromatic nitrogens is 2. The average Bonchev–Trinajstić information content (AvgIpc) is 2.70. The fourth-order valence-corrected chi connectivity index (χ4v) is 3.05. The summed E-state index contributed by atoms with van der Waals surface area (Å²) in [7, 11) is 0. The molecule has 0 atom stereocenters. The second-order valence-electron chi connectivity index (χ2n) is 6.73. The lowest BCUT2D eigenvalue weighted by molar-refractivity contribution is 0.102. The number of amides is 1. The zero-order valence-corrected chi connectivity index (χ0v) is 15.9. The van der Waals surface area contributed by atoms with E-state index in [2.05, 4.69) is 10.3 Å². The Morgan fingerprint density at radius 3 is 2.52 bits per heavy atom. The highest BCUT2D eigenvalue weighted by molar-refractivity contribution is 6.04. The van der Waals surface area contributed by atoms with Crippen molar-refractivity contribution in [1.82, 2.24) is 9.55 Å². The van der Waals surface area contributed by atoms with Crippen molar-refractivity contribution in [3.05, 3.63) is 80.1 Å². The minimum atomic E-state index is -0.702. The van der Waals surface area contributed by atoms with E-state index in [4.69, 9.17) is 9.47 Å². The number of fused-ring (bicyclic) bond motifs is 1. The molecule has 4 rings (SSSR count). The van der Waals surface area contributed by atoms with E-state index in [0.717, 1.165) is 21.9 Å². The first-order valence-corrected chi connectivity index (χ1v) is 9.07. The number of hydrogen-bond donors (Lipinski definition) is 2. The molecule has 148 valence electrons. The maximum Gasteiger partial charge on any atom is 0.333 e. The molecule has 0 saturated heterocycles. The van der Waals surface area contributed by atoms with Crippen molar-refractivity contribution in [2.24, 2.45) is 0 Å². The summed E-state index contributed by atoms with van der Waals surface area (Å²) in [5, 5.41) is 2.66. The third-order valence-electron chi connectivity index (χ3n) is 4.77. The lowest BCUT2D eigenvalue weighted by Crippen LogP contribution is -2.38. The monoisotopic (exact) mass is 393 g/mol. The predicted molar refractivity (Wildman–Crippen MR) is 108 cm³/mol. The van der Waals surface area contributed by atoms with Crippen molar-refractivity contribution in [3.8, 4) is 17.2 Å². The van der Waals surface area contributed by atoms with Crippen molar-refractivity contribution in [1.29, 1.82) is 0 Å². The fourth-order valence-electron chi connectivity index (χ4n) is 3.05. The van der Waals surface area contributed by atoms with E-state index in [1.165, 1.54) is 0 Å². The van der Waals surface area contributed by atoms with Crippen LogP contribution in [0.25, 0.3) is 5.69 Å². The Bertz CT molecular complexity index is 1230. The van der Waals surface area contributed by atoms with Gasteiger partial charge in [0.05, 0.1) is 5.69 Å². The zero-order valence-electron chi connectivity index (χ0n) is 15.9. The topological polar surface area (TPSA) is 102 Å². The fraction of sp³-hybridized carbons (Fsp3) is 0.190. The zero-order chi connectivity index (χ0) is 20.5. The number of ether oxygens (including phenoxy) is 2. The van der Waals surface area contributed by atoms with Gasteiger partial charge in [0, 0.05) is 18.0 Å². The van der Waals surface area contributed by atoms with Crippen LogP contribution in [0.3, 0.4) is 0 Å². The van der Waals surface area contributed by atoms with Crippen LogP contribution in [0, 0.1) is 13.8 Å². The second kappa shape index (κ2) is 7.31. The van der Waals surface area contributed by atoms with Crippen LogP contribution in [0.15, 0.2) is 52.2 Å². The van der Waals surface area contributed by atoms with Gasteiger partial charge >= 0.3 is 5.69 Å². The molecule has 2 N–H and O–H groups in total. The largest absolute Gasteiger partial charge is 0.486 e. The van der Waals surface area contributed by atoms with Gasteiger partial charge in [0.15, 0.2) is 11.5 Å². The molecule has 0 aliphatic carbocycles. The lowest BCUT2D eigenvalue weighted by Gasteiger charge is -2.19. The number of anilines is 1. The maximum atomic E-state index is 12.9. The first-order chi connectivity index (χ1) is 13.9. The standard InChI is InChI=1S/C21H19N3O5/c1-12-3-5-15(9-13(12)2)24-20(26)16(11-22-21(24)27)19(25)23-14-4-6-17-18(10-14)29-8-7-28-17/h3-6,9-11H,7-8H2,1-2H3,(H,22,27)(H,23,25). The van der Waals surface area contributed by atoms with Gasteiger partial charge in [-0.3, -0.25) is 9.59 Å². The van der Waals surface area contributed by atoms with Crippen molar-refractivity contribution in [2.75, 3.05) is 18.5 Å². The van der Waals surface area contributed by atoms with Crippen molar-refractivity contribution in [2.45, 2.75) is 13.8 Å². The Hall–Kier alpha value is -3.81. The van der Waals surface area contributed by atoms with E-state index in [9.17, 15) is 14.4 Å². The number of benzene rings is 2. The first kappa shape index (κ1) is 18.5. The molecule has 1 aliphatic heterocycles. The minimum Gasteiger partial charge on any atom is -0.486 e. The van der Waals surface area contributed by atoms with Gasteiger partial charge in [0.25, 0.3) is 11.5 Å². The van der Waals surface area contributed by atoms with Crippen LogP contribution in [0.2, 0.25) is 0 Å². The molecule has 8 nitrogen and oxygen atoms in total. The summed E-state index contributed by atoms with van der Waals surface area (Å²) in [5.74, 6) is 0.471. The molecule has 8 heteroatoms. The van der Waals surface area contributed by atoms with Gasteiger partial charge in [0.1, 0.15) is 18.8 Å². The summed E-state index contributed by atoms with van der Waals surface area (Å²) >= 11 is 0. The van der Waals surface area contributed by atoms with Crippen molar-refractivity contribution >= 4 is 11.6 Å². The molecule has 1 amide bonds. The predicted octanol–water partition coefficient (Wildman–Crippen LogP) is 2.17. The van der Waals surface area contributed by atoms with Crippen LogP contribution < -0.4 is 26.0 Å². The Kier molecular flexibility index (Phi) is 4.67. The first-order valence-electron chi connectivity index (χ1n) is 9.07. The number of H-pyrrole nitrogens is 1. The molecule has 2 aromatic carbocycles. The lowest BCUT2D eigenvalue weighted by atomic mass is 10.1. The third-order valence-corrected chi connectivity index (χ3v) is 4.77. The van der Waals surface area contributed by atoms with Crippen LogP contribution >= 0.6 is 0 Å². The van der Waals surface area contributed by atoms with Gasteiger partial charge in [-0.1, -0.05) is 6.07 Å². The van der Waals surface area contributed by atoms with E-state index in [1.807, 2.05) is 19.9 Å². The third kappa shape index (κ3) is 3.52. The quantitative estimate of drug-likeness (QED) is 0.710. The molecule has 0 unspecified atom stereocenters. The van der Waals surface area contributed by atoms with Gasteiger partial charge in [-0.2, -0.15) is 0 Å². The molecule has 1 aliphatic rings. The molecular formula is C21H19N3O5. The van der Waals surface area contributed by atoms with Crippen LogP contribution in [-0.2, 0) is 0 Å². The molecule has 0 bridgehead atoms. The van der Waals surface area contributed by atoms with Gasteiger partial charge < -0.3 is 19.8 Å². The van der Waals surface area contributed by atoms with Crippen LogP contribution in [0.5, 0.6) is 11.5 Å². The second-order valence-corrected chi connectivity index (χ2v) is 6.73. The van der Waals surface area contributed by atoms with Gasteiger partial charge in [-0.05, 0) is 49.2 Å². The molecule has 0 fully saturated rings. The van der Waals surface area contributed by atoms with E-state index >= 15 is 0 Å². The van der Waals surface area contributed by atoms with E-state index in [1.54, 1.807) is 30.3 Å². The number of carbonyl (C=O) groups is 1. The van der Waals surface area contributed by atoms with Crippen molar-refractivity contribution < 1.29 is 14.3 Å². The van der Waals surface area contributed by atoms with Crippen LogP contribution in [0.4, 0.5) is 5.69 Å². The molecule has 0 saturated carbocycles. The smallest absolute Gasteiger partial charge is 0.333 e. The number of aryl methyl sites for hydroxylation is 2. The average molecular weight is 393 g/mol. The minimum absolute atomic E-state index is 0.183. The van der Waals surface area contributed by atoms with E-state index < -0.39 is 17.2 Å². The number of aromatic amines is 1. The summed E-state index contributed by atoms with van der Waals surface area (Å²) in [5.41, 5.74) is 1.31. The molecule has 0 radical (unpaired) electrons. The number of nitrogens with one attached hydrogen (secondary N) is 2. The number of hydrogen-bond acceptors (Lipinski definition) is 5. The number of nitrogens with zero attached hydrogens (tertiary/aromatic N) is 1. The van der Waals surface area contributed by atoms with Crippen LogP contribution in [0.1, 0.15) is 21.5 Å². The van der Waals surface area contributed by atoms with E-state index in [0.29, 0.717) is 36.1 Å². The Labute approximate surface area is 165 Å². The van der Waals surface area contributed by atoms with Gasteiger partial charge in [-0.25, -0.2) is 9.36 Å². The summed E-state index contributed by atoms with van der Waals surface area (Å²) < 4.78 is 11.9. The summed E-state index contributed by atoms with van der Waals surface area (Å²) in [4.78, 5) is 40.3. The molecule has 3 aromatic rings. The maximum absolute atomic E-state index is 12.9. The Morgan fingerprint density at radius 1 is 1.00 bits per heavy atom. The number of carbonyl (C=O) groups excluding carboxylic acids is 1. The molecular weight excluding hydrogens is 374 g/mol. The van der Waals surface area contributed by atoms with Gasteiger partial charge in [-0.15, -0.1) is 0 Å². The number of rotatable bonds is 3. The molecule has 29 heavy (non-hydrogen) atoms. The summed E-state index contributed by atoms with van der Waals surface area (Å²) in [6, 6.07) is 10.2. The summed E-state index contributed by atoms with van der Waals surface area (Å²) in [6.45, 7) is 4.71. The Morgan fingerprint density at radius 2 is 1.76 bits per heavy atom. The normalized spacial score (nSPS) is 12.5. The van der Waals surface area contributed by atoms with Crippen molar-refractivity contribution in [3.63, 3.8) is 0 Å². The summed E-state index contributed by atoms with van der Waals surface area (Å²) in [6.07, 6.45) is 1.12. The SMILES string of the molecule is Cc1ccc(-n2c(=O)[nH]cc(C(=O)Nc3ccc4c(c3)OCCO4)c2=O)cc1C. The van der Waals surface area contributed by atoms with Crippen LogP contribution in [-0.4, -0.2) is 28.7 Å². The molecule has 1 aromatic heterocycles. The molecule has 0 spiro atoms. The molecule has 2 heterocycles.